The summed E-state index contributed by atoms with van der Waals surface area (Å²) >= 11 is 0. The van der Waals surface area contributed by atoms with Crippen LogP contribution in [0.15, 0.2) is 47.9 Å². The molecule has 1 fully saturated rings. The molecule has 0 aromatic rings. The number of rotatable bonds is 6. The predicted octanol–water partition coefficient (Wildman–Crippen LogP) is 3.86. The maximum Gasteiger partial charge on any atom is 0.0352 e. The van der Waals surface area contributed by atoms with Gasteiger partial charge in [0.25, 0.3) is 0 Å². The van der Waals surface area contributed by atoms with E-state index in [4.69, 9.17) is 0 Å². The lowest BCUT2D eigenvalue weighted by molar-refractivity contribution is 0.419. The molecule has 1 rings (SSSR count). The summed E-state index contributed by atoms with van der Waals surface area (Å²) in [4.78, 5) is 2.47. The summed E-state index contributed by atoms with van der Waals surface area (Å²) in [7, 11) is 0. The van der Waals surface area contributed by atoms with Gasteiger partial charge in [-0.05, 0) is 44.8 Å². The Balaban J connectivity index is 2.73. The van der Waals surface area contributed by atoms with E-state index in [-0.39, 0.29) is 0 Å². The van der Waals surface area contributed by atoms with E-state index in [2.05, 4.69) is 63.2 Å². The van der Waals surface area contributed by atoms with Gasteiger partial charge in [0.05, 0.1) is 0 Å². The van der Waals surface area contributed by atoms with Crippen molar-refractivity contribution in [3.8, 4) is 0 Å². The van der Waals surface area contributed by atoms with E-state index in [1.165, 1.54) is 17.7 Å². The van der Waals surface area contributed by atoms with Crippen molar-refractivity contribution in [1.29, 1.82) is 0 Å². The molecule has 1 N–H and O–H groups in total. The first-order valence-corrected chi connectivity index (χ1v) is 7.18. The fraction of sp³-hybridized carbons (Fsp3) is 0.529. The SMILES string of the molecule is C=C(/C=C\C(=C(C)C)N1CC[C@H](C)C1)C(=C)NCC. The van der Waals surface area contributed by atoms with Gasteiger partial charge in [0.1, 0.15) is 0 Å². The third-order valence-electron chi connectivity index (χ3n) is 3.50. The average molecular weight is 260 g/mol. The third kappa shape index (κ3) is 4.62. The molecule has 0 spiro atoms. The largest absolute Gasteiger partial charge is 0.385 e. The average Bonchev–Trinajstić information content (AvgIpc) is 2.75. The van der Waals surface area contributed by atoms with Gasteiger partial charge in [-0.2, -0.15) is 0 Å². The van der Waals surface area contributed by atoms with Gasteiger partial charge in [0.15, 0.2) is 0 Å². The van der Waals surface area contributed by atoms with Gasteiger partial charge in [0.2, 0.25) is 0 Å². The van der Waals surface area contributed by atoms with Gasteiger partial charge in [-0.3, -0.25) is 0 Å². The summed E-state index contributed by atoms with van der Waals surface area (Å²) in [6.45, 7) is 20.0. The lowest BCUT2D eigenvalue weighted by atomic mass is 10.1. The molecular weight excluding hydrogens is 232 g/mol. The molecule has 0 aliphatic carbocycles. The Bertz CT molecular complexity index is 397. The quantitative estimate of drug-likeness (QED) is 0.730. The maximum absolute atomic E-state index is 4.06. The second-order valence-electron chi connectivity index (χ2n) is 5.59. The Morgan fingerprint density at radius 3 is 2.47 bits per heavy atom. The Kier molecular flexibility index (Phi) is 5.94. The van der Waals surface area contributed by atoms with Gasteiger partial charge >= 0.3 is 0 Å². The number of hydrogen-bond donors (Lipinski definition) is 1. The molecule has 1 atom stereocenters. The first kappa shape index (κ1) is 15.6. The Morgan fingerprint density at radius 1 is 1.32 bits per heavy atom. The summed E-state index contributed by atoms with van der Waals surface area (Å²) in [5, 5.41) is 3.20. The molecule has 1 aliphatic rings. The van der Waals surface area contributed by atoms with Gasteiger partial charge < -0.3 is 10.2 Å². The monoisotopic (exact) mass is 260 g/mol. The van der Waals surface area contributed by atoms with Crippen molar-refractivity contribution >= 4 is 0 Å². The van der Waals surface area contributed by atoms with Gasteiger partial charge in [-0.15, -0.1) is 0 Å². The molecule has 2 nitrogen and oxygen atoms in total. The van der Waals surface area contributed by atoms with Crippen molar-refractivity contribution in [3.05, 3.63) is 47.9 Å². The second-order valence-corrected chi connectivity index (χ2v) is 5.59. The molecule has 0 aromatic carbocycles. The van der Waals surface area contributed by atoms with Crippen LogP contribution >= 0.6 is 0 Å². The van der Waals surface area contributed by atoms with Crippen molar-refractivity contribution in [2.45, 2.75) is 34.1 Å². The smallest absolute Gasteiger partial charge is 0.0352 e. The van der Waals surface area contributed by atoms with Crippen LogP contribution in [0, 0.1) is 5.92 Å². The summed E-state index contributed by atoms with van der Waals surface area (Å²) in [6, 6.07) is 0. The number of likely N-dealkylation sites (tertiary alicyclic amines) is 1. The molecule has 1 saturated heterocycles. The van der Waals surface area contributed by atoms with Crippen molar-refractivity contribution in [3.63, 3.8) is 0 Å². The number of nitrogens with one attached hydrogen (secondary N) is 1. The summed E-state index contributed by atoms with van der Waals surface area (Å²) in [5.41, 5.74) is 4.54. The highest BCUT2D eigenvalue weighted by Gasteiger charge is 2.19. The van der Waals surface area contributed by atoms with Crippen LogP contribution in [0.5, 0.6) is 0 Å². The lowest BCUT2D eigenvalue weighted by Crippen LogP contribution is -2.19. The van der Waals surface area contributed by atoms with Crippen LogP contribution in [0.3, 0.4) is 0 Å². The van der Waals surface area contributed by atoms with Gasteiger partial charge in [-0.1, -0.05) is 31.7 Å². The van der Waals surface area contributed by atoms with Crippen molar-refractivity contribution in [1.82, 2.24) is 10.2 Å². The highest BCUT2D eigenvalue weighted by molar-refractivity contribution is 5.38. The van der Waals surface area contributed by atoms with E-state index in [1.54, 1.807) is 0 Å². The highest BCUT2D eigenvalue weighted by atomic mass is 15.2. The fourth-order valence-corrected chi connectivity index (χ4v) is 2.35. The van der Waals surface area contributed by atoms with Crippen LogP contribution in [0.4, 0.5) is 0 Å². The molecule has 0 bridgehead atoms. The first-order chi connectivity index (χ1) is 8.95. The van der Waals surface area contributed by atoms with E-state index in [9.17, 15) is 0 Å². The van der Waals surface area contributed by atoms with Crippen LogP contribution in [-0.4, -0.2) is 24.5 Å². The molecule has 19 heavy (non-hydrogen) atoms. The fourth-order valence-electron chi connectivity index (χ4n) is 2.35. The molecule has 106 valence electrons. The van der Waals surface area contributed by atoms with Crippen LogP contribution in [0.1, 0.15) is 34.1 Å². The van der Waals surface area contributed by atoms with Crippen LogP contribution in [0.25, 0.3) is 0 Å². The van der Waals surface area contributed by atoms with Crippen LogP contribution < -0.4 is 5.32 Å². The number of likely N-dealkylation sites (N-methyl/N-ethyl adjacent to an activating group) is 1. The van der Waals surface area contributed by atoms with E-state index >= 15 is 0 Å². The van der Waals surface area contributed by atoms with Crippen LogP contribution in [-0.2, 0) is 0 Å². The number of allylic oxidation sites excluding steroid dienone is 3. The Labute approximate surface area is 118 Å². The second kappa shape index (κ2) is 7.22. The molecular formula is C17H28N2. The minimum absolute atomic E-state index is 0.794. The van der Waals surface area contributed by atoms with E-state index in [1.807, 2.05) is 0 Å². The minimum atomic E-state index is 0.794. The third-order valence-corrected chi connectivity index (χ3v) is 3.50. The van der Waals surface area contributed by atoms with E-state index in [0.717, 1.165) is 36.8 Å². The molecule has 2 heteroatoms. The first-order valence-electron chi connectivity index (χ1n) is 7.18. The van der Waals surface area contributed by atoms with E-state index in [0.29, 0.717) is 0 Å². The molecule has 1 heterocycles. The van der Waals surface area contributed by atoms with Gasteiger partial charge in [0, 0.05) is 31.0 Å². The maximum atomic E-state index is 4.06. The minimum Gasteiger partial charge on any atom is -0.385 e. The van der Waals surface area contributed by atoms with Gasteiger partial charge in [-0.25, -0.2) is 0 Å². The predicted molar refractivity (Wildman–Crippen MR) is 84.8 cm³/mol. The zero-order valence-corrected chi connectivity index (χ0v) is 12.9. The molecule has 0 unspecified atom stereocenters. The van der Waals surface area contributed by atoms with E-state index < -0.39 is 0 Å². The molecule has 1 aliphatic heterocycles. The Morgan fingerprint density at radius 2 is 2.00 bits per heavy atom. The summed E-state index contributed by atoms with van der Waals surface area (Å²) in [5.74, 6) is 0.794. The Hall–Kier alpha value is -1.44. The molecule has 0 saturated carbocycles. The number of nitrogens with zero attached hydrogens (tertiary/aromatic N) is 1. The standard InChI is InChI=1S/C17H28N2/c1-7-18-16(6)15(5)8-9-17(13(2)3)19-11-10-14(4)12-19/h8-9,14,18H,5-7,10-12H2,1-4H3/b9-8-/t14-/m0/s1. The molecule has 0 aromatic heterocycles. The van der Waals surface area contributed by atoms with Crippen molar-refractivity contribution < 1.29 is 0 Å². The lowest BCUT2D eigenvalue weighted by Gasteiger charge is -2.21. The topological polar surface area (TPSA) is 15.3 Å². The zero-order chi connectivity index (χ0) is 14.4. The zero-order valence-electron chi connectivity index (χ0n) is 12.9. The van der Waals surface area contributed by atoms with Crippen LogP contribution in [0.2, 0.25) is 0 Å². The molecule has 0 amide bonds. The summed E-state index contributed by atoms with van der Waals surface area (Å²) < 4.78 is 0. The summed E-state index contributed by atoms with van der Waals surface area (Å²) in [6.07, 6.45) is 5.53. The normalized spacial score (nSPS) is 18.7. The molecule has 0 radical (unpaired) electrons. The number of hydrogen-bond acceptors (Lipinski definition) is 2. The van der Waals surface area contributed by atoms with Crippen molar-refractivity contribution in [2.24, 2.45) is 5.92 Å². The van der Waals surface area contributed by atoms with Crippen molar-refractivity contribution in [2.75, 3.05) is 19.6 Å². The highest BCUT2D eigenvalue weighted by Crippen LogP contribution is 2.23.